The highest BCUT2D eigenvalue weighted by atomic mass is 32.1. The van der Waals surface area contributed by atoms with E-state index >= 15 is 0 Å². The van der Waals surface area contributed by atoms with Crippen molar-refractivity contribution in [1.82, 2.24) is 14.9 Å². The van der Waals surface area contributed by atoms with E-state index in [4.69, 9.17) is 0 Å². The van der Waals surface area contributed by atoms with Crippen molar-refractivity contribution in [3.63, 3.8) is 0 Å². The highest BCUT2D eigenvalue weighted by Gasteiger charge is 2.60. The number of carboxylic acid groups (broad SMARTS) is 1. The number of rotatable bonds is 6. The molecule has 0 bridgehead atoms. The number of nitrogens with zero attached hydrogens (tertiary/aromatic N) is 3. The van der Waals surface area contributed by atoms with Crippen LogP contribution in [-0.2, 0) is 10.2 Å². The van der Waals surface area contributed by atoms with Crippen molar-refractivity contribution in [2.75, 3.05) is 0 Å². The number of pyridine rings is 1. The standard InChI is InChI=1S/C28H33N3O3S/c1-18(2)16-28(26(33)34)17-21(22-8-6-7-13-29-22)23(24-30-14-15-35-24)31(28)25(32)19-9-11-20(12-10-19)27(3,4)5/h6-15,18,21,23H,16-17H2,1-5H3,(H,33,34)/t21-,23-,28+/m1/s1. The summed E-state index contributed by atoms with van der Waals surface area (Å²) in [7, 11) is 0. The van der Waals surface area contributed by atoms with Gasteiger partial charge in [0.15, 0.2) is 0 Å². The molecule has 2 aromatic heterocycles. The van der Waals surface area contributed by atoms with Crippen LogP contribution in [0, 0.1) is 5.92 Å². The third-order valence-electron chi connectivity index (χ3n) is 6.81. The van der Waals surface area contributed by atoms with Gasteiger partial charge in [-0.3, -0.25) is 9.78 Å². The van der Waals surface area contributed by atoms with Crippen LogP contribution in [0.4, 0.5) is 0 Å². The minimum absolute atomic E-state index is 0.0504. The summed E-state index contributed by atoms with van der Waals surface area (Å²) in [6, 6.07) is 12.7. The number of carbonyl (C=O) groups is 2. The Hall–Kier alpha value is -3.06. The van der Waals surface area contributed by atoms with Crippen molar-refractivity contribution in [1.29, 1.82) is 0 Å². The number of amides is 1. The molecule has 1 aliphatic heterocycles. The minimum Gasteiger partial charge on any atom is -0.479 e. The second-order valence-electron chi connectivity index (χ2n) is 10.8. The van der Waals surface area contributed by atoms with Gasteiger partial charge in [-0.1, -0.05) is 52.8 Å². The fourth-order valence-electron chi connectivity index (χ4n) is 5.25. The maximum atomic E-state index is 14.2. The number of likely N-dealkylation sites (tertiary alicyclic amines) is 1. The topological polar surface area (TPSA) is 83.4 Å². The maximum absolute atomic E-state index is 14.2. The van der Waals surface area contributed by atoms with Gasteiger partial charge in [0, 0.05) is 34.9 Å². The maximum Gasteiger partial charge on any atom is 0.329 e. The summed E-state index contributed by atoms with van der Waals surface area (Å²) in [6.07, 6.45) is 4.06. The molecule has 1 fully saturated rings. The zero-order chi connectivity index (χ0) is 25.4. The van der Waals surface area contributed by atoms with Gasteiger partial charge < -0.3 is 10.0 Å². The Balaban J connectivity index is 1.89. The van der Waals surface area contributed by atoms with E-state index in [1.807, 2.05) is 61.7 Å². The average molecular weight is 492 g/mol. The lowest BCUT2D eigenvalue weighted by atomic mass is 9.82. The van der Waals surface area contributed by atoms with Crippen molar-refractivity contribution in [3.8, 4) is 0 Å². The Morgan fingerprint density at radius 2 is 1.83 bits per heavy atom. The first-order valence-corrected chi connectivity index (χ1v) is 12.9. The van der Waals surface area contributed by atoms with Crippen LogP contribution in [0.25, 0.3) is 0 Å². The predicted octanol–water partition coefficient (Wildman–Crippen LogP) is 6.08. The number of benzene rings is 1. The number of carbonyl (C=O) groups excluding carboxylic acids is 1. The molecular formula is C28H33N3O3S. The van der Waals surface area contributed by atoms with Crippen LogP contribution < -0.4 is 0 Å². The molecule has 6 nitrogen and oxygen atoms in total. The molecule has 1 aromatic carbocycles. The van der Waals surface area contributed by atoms with Crippen molar-refractivity contribution < 1.29 is 14.7 Å². The molecule has 1 saturated heterocycles. The Morgan fingerprint density at radius 1 is 1.11 bits per heavy atom. The highest BCUT2D eigenvalue weighted by molar-refractivity contribution is 7.09. The van der Waals surface area contributed by atoms with E-state index in [0.29, 0.717) is 12.0 Å². The molecule has 0 saturated carbocycles. The molecular weight excluding hydrogens is 458 g/mol. The van der Waals surface area contributed by atoms with Gasteiger partial charge in [-0.2, -0.15) is 0 Å². The molecule has 0 unspecified atom stereocenters. The lowest BCUT2D eigenvalue weighted by molar-refractivity contribution is -0.150. The molecule has 35 heavy (non-hydrogen) atoms. The summed E-state index contributed by atoms with van der Waals surface area (Å²) in [5.74, 6) is -1.47. The predicted molar refractivity (Wildman–Crippen MR) is 138 cm³/mol. The van der Waals surface area contributed by atoms with Crippen LogP contribution in [-0.4, -0.2) is 37.4 Å². The second kappa shape index (κ2) is 9.53. The summed E-state index contributed by atoms with van der Waals surface area (Å²) in [5.41, 5.74) is 0.957. The minimum atomic E-state index is -1.37. The lowest BCUT2D eigenvalue weighted by Gasteiger charge is -2.38. The van der Waals surface area contributed by atoms with Crippen molar-refractivity contribution in [2.24, 2.45) is 5.92 Å². The van der Waals surface area contributed by atoms with E-state index in [2.05, 4.69) is 30.7 Å². The van der Waals surface area contributed by atoms with Crippen LogP contribution in [0.3, 0.4) is 0 Å². The van der Waals surface area contributed by atoms with Gasteiger partial charge in [-0.05, 0) is 54.0 Å². The van der Waals surface area contributed by atoms with Crippen LogP contribution in [0.1, 0.15) is 86.0 Å². The number of aromatic nitrogens is 2. The van der Waals surface area contributed by atoms with Crippen LogP contribution in [0.2, 0.25) is 0 Å². The average Bonchev–Trinajstić information content (AvgIpc) is 3.45. The molecule has 0 spiro atoms. The monoisotopic (exact) mass is 491 g/mol. The quantitative estimate of drug-likeness (QED) is 0.452. The molecule has 7 heteroatoms. The summed E-state index contributed by atoms with van der Waals surface area (Å²) >= 11 is 1.45. The molecule has 1 amide bonds. The van der Waals surface area contributed by atoms with Gasteiger partial charge in [0.25, 0.3) is 5.91 Å². The molecule has 1 aliphatic rings. The molecule has 1 N–H and O–H groups in total. The molecule has 0 aliphatic carbocycles. The fourth-order valence-corrected chi connectivity index (χ4v) is 6.04. The van der Waals surface area contributed by atoms with Crippen LogP contribution >= 0.6 is 11.3 Å². The van der Waals surface area contributed by atoms with Crippen LogP contribution in [0.15, 0.2) is 60.2 Å². The van der Waals surface area contributed by atoms with Gasteiger partial charge in [0.2, 0.25) is 0 Å². The summed E-state index contributed by atoms with van der Waals surface area (Å²) < 4.78 is 0. The van der Waals surface area contributed by atoms with Crippen molar-refractivity contribution >= 4 is 23.2 Å². The number of carboxylic acids is 1. The normalized spacial score (nSPS) is 22.5. The van der Waals surface area contributed by atoms with E-state index in [1.54, 1.807) is 17.3 Å². The van der Waals surface area contributed by atoms with Crippen molar-refractivity contribution in [2.45, 2.75) is 70.4 Å². The summed E-state index contributed by atoms with van der Waals surface area (Å²) in [6.45, 7) is 10.4. The Kier molecular flexibility index (Phi) is 6.82. The van der Waals surface area contributed by atoms with Gasteiger partial charge in [-0.25, -0.2) is 9.78 Å². The Bertz CT molecular complexity index is 1170. The number of thiazole rings is 1. The second-order valence-corrected chi connectivity index (χ2v) is 11.7. The first kappa shape index (κ1) is 25.0. The molecule has 184 valence electrons. The van der Waals surface area contributed by atoms with Crippen molar-refractivity contribution in [3.05, 3.63) is 82.1 Å². The zero-order valence-electron chi connectivity index (χ0n) is 20.9. The number of hydrogen-bond donors (Lipinski definition) is 1. The summed E-state index contributed by atoms with van der Waals surface area (Å²) in [5, 5.41) is 13.3. The van der Waals surface area contributed by atoms with Gasteiger partial charge in [0.1, 0.15) is 10.5 Å². The third-order valence-corrected chi connectivity index (χ3v) is 7.66. The van der Waals surface area contributed by atoms with E-state index in [1.165, 1.54) is 11.3 Å². The Morgan fingerprint density at radius 3 is 2.34 bits per heavy atom. The Labute approximate surface area is 211 Å². The molecule has 3 atom stereocenters. The summed E-state index contributed by atoms with van der Waals surface area (Å²) in [4.78, 5) is 38.0. The van der Waals surface area contributed by atoms with E-state index in [0.717, 1.165) is 16.3 Å². The van der Waals surface area contributed by atoms with Gasteiger partial charge >= 0.3 is 5.97 Å². The fraction of sp³-hybridized carbons (Fsp3) is 0.429. The zero-order valence-corrected chi connectivity index (χ0v) is 21.7. The largest absolute Gasteiger partial charge is 0.479 e. The third kappa shape index (κ3) is 4.74. The number of hydrogen-bond acceptors (Lipinski definition) is 5. The van der Waals surface area contributed by atoms with Crippen LogP contribution in [0.5, 0.6) is 0 Å². The first-order valence-electron chi connectivity index (χ1n) is 12.0. The number of aliphatic carboxylic acids is 1. The SMILES string of the molecule is CC(C)C[C@@]1(C(=O)O)C[C@H](c2ccccn2)[C@H](c2nccs2)N1C(=O)c1ccc(C(C)(C)C)cc1. The molecule has 3 heterocycles. The molecule has 0 radical (unpaired) electrons. The molecule has 4 rings (SSSR count). The lowest BCUT2D eigenvalue weighted by Crippen LogP contribution is -2.54. The van der Waals surface area contributed by atoms with E-state index < -0.39 is 17.6 Å². The van der Waals surface area contributed by atoms with E-state index in [9.17, 15) is 14.7 Å². The van der Waals surface area contributed by atoms with Gasteiger partial charge in [-0.15, -0.1) is 11.3 Å². The first-order chi connectivity index (χ1) is 16.5. The highest BCUT2D eigenvalue weighted by Crippen LogP contribution is 2.54. The van der Waals surface area contributed by atoms with E-state index in [-0.39, 0.29) is 29.6 Å². The smallest absolute Gasteiger partial charge is 0.329 e. The van der Waals surface area contributed by atoms with Gasteiger partial charge in [0.05, 0.1) is 6.04 Å². The molecule has 3 aromatic rings.